The minimum Gasteiger partial charge on any atom is -0.368 e. The van der Waals surface area contributed by atoms with Crippen LogP contribution in [-0.2, 0) is 16.0 Å². The molecule has 4 aromatic rings. The van der Waals surface area contributed by atoms with Gasteiger partial charge in [-0.25, -0.2) is 0 Å². The van der Waals surface area contributed by atoms with Crippen molar-refractivity contribution in [3.63, 3.8) is 0 Å². The Hall–Kier alpha value is -4.19. The first-order chi connectivity index (χ1) is 15.4. The van der Waals surface area contributed by atoms with Crippen molar-refractivity contribution in [1.82, 2.24) is 5.32 Å². The Labute approximate surface area is 185 Å². The maximum atomic E-state index is 12.8. The van der Waals surface area contributed by atoms with Gasteiger partial charge in [0, 0.05) is 24.6 Å². The molecule has 0 fully saturated rings. The van der Waals surface area contributed by atoms with E-state index < -0.39 is 17.9 Å². The Morgan fingerprint density at radius 1 is 0.844 bits per heavy atom. The van der Waals surface area contributed by atoms with Gasteiger partial charge in [-0.2, -0.15) is 0 Å². The van der Waals surface area contributed by atoms with Gasteiger partial charge in [-0.15, -0.1) is 0 Å². The average Bonchev–Trinajstić information content (AvgIpc) is 2.78. The third kappa shape index (κ3) is 4.44. The van der Waals surface area contributed by atoms with E-state index in [0.29, 0.717) is 11.3 Å². The van der Waals surface area contributed by atoms with Crippen molar-refractivity contribution in [2.75, 3.05) is 5.32 Å². The molecule has 0 unspecified atom stereocenters. The molecule has 4 rings (SSSR count). The fourth-order valence-corrected chi connectivity index (χ4v) is 3.90. The summed E-state index contributed by atoms with van der Waals surface area (Å²) in [4.78, 5) is 36.3. The number of primary amides is 1. The molecule has 32 heavy (non-hydrogen) atoms. The quantitative estimate of drug-likeness (QED) is 0.410. The number of hydrogen-bond acceptors (Lipinski definition) is 3. The first-order valence-electron chi connectivity index (χ1n) is 10.3. The lowest BCUT2D eigenvalue weighted by atomic mass is 9.92. The summed E-state index contributed by atoms with van der Waals surface area (Å²) in [7, 11) is 0. The van der Waals surface area contributed by atoms with Crippen molar-refractivity contribution in [1.29, 1.82) is 0 Å². The number of nitrogens with one attached hydrogen (secondary N) is 2. The Balaban J connectivity index is 1.64. The Kier molecular flexibility index (Phi) is 5.85. The summed E-state index contributed by atoms with van der Waals surface area (Å²) in [5.74, 6) is -1.21. The first-order valence-corrected chi connectivity index (χ1v) is 10.3. The highest BCUT2D eigenvalue weighted by Gasteiger charge is 2.22. The number of hydrogen-bond donors (Lipinski definition) is 3. The van der Waals surface area contributed by atoms with Crippen LogP contribution in [0.3, 0.4) is 0 Å². The van der Waals surface area contributed by atoms with E-state index in [1.54, 1.807) is 24.3 Å². The molecule has 4 aromatic carbocycles. The topological polar surface area (TPSA) is 101 Å². The van der Waals surface area contributed by atoms with Gasteiger partial charge in [0.05, 0.1) is 0 Å². The molecule has 160 valence electrons. The highest BCUT2D eigenvalue weighted by molar-refractivity contribution is 6.03. The van der Waals surface area contributed by atoms with Gasteiger partial charge in [0.2, 0.25) is 11.8 Å². The molecular formula is C26H23N3O3. The van der Waals surface area contributed by atoms with Gasteiger partial charge in [0.25, 0.3) is 5.91 Å². The van der Waals surface area contributed by atoms with E-state index >= 15 is 0 Å². The van der Waals surface area contributed by atoms with Crippen LogP contribution in [0.15, 0.2) is 78.9 Å². The van der Waals surface area contributed by atoms with Crippen LogP contribution in [0, 0.1) is 0 Å². The maximum Gasteiger partial charge on any atom is 0.251 e. The molecule has 0 aliphatic heterocycles. The number of fused-ring (bicyclic) bond motifs is 2. The molecule has 0 saturated heterocycles. The van der Waals surface area contributed by atoms with Crippen LogP contribution in [0.5, 0.6) is 0 Å². The van der Waals surface area contributed by atoms with Crippen LogP contribution < -0.4 is 16.4 Å². The zero-order valence-electron chi connectivity index (χ0n) is 17.6. The number of carbonyl (C=O) groups is 3. The van der Waals surface area contributed by atoms with Crippen molar-refractivity contribution in [2.45, 2.75) is 19.4 Å². The molecule has 0 aliphatic carbocycles. The number of nitrogens with two attached hydrogens (primary N) is 1. The third-order valence-electron chi connectivity index (χ3n) is 5.41. The smallest absolute Gasteiger partial charge is 0.251 e. The fourth-order valence-electron chi connectivity index (χ4n) is 3.90. The molecule has 0 bridgehead atoms. The van der Waals surface area contributed by atoms with E-state index in [1.807, 2.05) is 48.5 Å². The Morgan fingerprint density at radius 2 is 1.41 bits per heavy atom. The highest BCUT2D eigenvalue weighted by atomic mass is 16.2. The Bertz CT molecular complexity index is 1280. The van der Waals surface area contributed by atoms with Gasteiger partial charge >= 0.3 is 0 Å². The van der Waals surface area contributed by atoms with Gasteiger partial charge in [0.1, 0.15) is 6.04 Å². The van der Waals surface area contributed by atoms with Crippen LogP contribution in [0.25, 0.3) is 21.5 Å². The molecule has 0 saturated carbocycles. The molecule has 0 aliphatic rings. The molecule has 0 aromatic heterocycles. The van der Waals surface area contributed by atoms with Gasteiger partial charge in [0.15, 0.2) is 0 Å². The molecule has 1 atom stereocenters. The van der Waals surface area contributed by atoms with Gasteiger partial charge < -0.3 is 16.4 Å². The summed E-state index contributed by atoms with van der Waals surface area (Å²) >= 11 is 0. The normalized spacial score (nSPS) is 11.8. The van der Waals surface area contributed by atoms with E-state index in [2.05, 4.69) is 16.7 Å². The summed E-state index contributed by atoms with van der Waals surface area (Å²) in [5.41, 5.74) is 7.59. The minimum atomic E-state index is -0.883. The van der Waals surface area contributed by atoms with Gasteiger partial charge in [-0.05, 0) is 57.4 Å². The number of carbonyl (C=O) groups excluding carboxylic acids is 3. The summed E-state index contributed by atoms with van der Waals surface area (Å²) in [5, 5.41) is 9.58. The minimum absolute atomic E-state index is 0.196. The highest BCUT2D eigenvalue weighted by Crippen LogP contribution is 2.29. The fraction of sp³-hybridized carbons (Fsp3) is 0.115. The second-order valence-corrected chi connectivity index (χ2v) is 7.69. The molecule has 0 spiro atoms. The van der Waals surface area contributed by atoms with E-state index in [0.717, 1.165) is 27.1 Å². The summed E-state index contributed by atoms with van der Waals surface area (Å²) in [6.45, 7) is 1.41. The van der Waals surface area contributed by atoms with E-state index in [-0.39, 0.29) is 12.3 Å². The average molecular weight is 425 g/mol. The molecule has 3 amide bonds. The second kappa shape index (κ2) is 8.89. The molecule has 6 nitrogen and oxygen atoms in total. The molecule has 0 radical (unpaired) electrons. The third-order valence-corrected chi connectivity index (χ3v) is 5.41. The number of benzene rings is 4. The second-order valence-electron chi connectivity index (χ2n) is 7.69. The van der Waals surface area contributed by atoms with Gasteiger partial charge in [-0.1, -0.05) is 48.5 Å². The number of rotatable bonds is 6. The lowest BCUT2D eigenvalue weighted by Crippen LogP contribution is -2.45. The van der Waals surface area contributed by atoms with Crippen LogP contribution in [0.2, 0.25) is 0 Å². The summed E-state index contributed by atoms with van der Waals surface area (Å²) in [6, 6.07) is 23.6. The molecule has 6 heteroatoms. The standard InChI is InChI=1S/C26H23N3O3/c1-16(30)28-20-12-10-17(11-13-20)26(32)29-24(25(27)31)15-23-21-8-4-2-6-18(21)14-19-7-3-5-9-22(19)23/h2-14,24H,15H2,1H3,(H2,27,31)(H,28,30)(H,29,32)/t24-/m0/s1. The summed E-state index contributed by atoms with van der Waals surface area (Å²) < 4.78 is 0. The van der Waals surface area contributed by atoms with Crippen LogP contribution in [-0.4, -0.2) is 23.8 Å². The van der Waals surface area contributed by atoms with Gasteiger partial charge in [-0.3, -0.25) is 14.4 Å². The maximum absolute atomic E-state index is 12.8. The number of amides is 3. The van der Waals surface area contributed by atoms with Crippen molar-refractivity contribution >= 4 is 45.0 Å². The van der Waals surface area contributed by atoms with Crippen LogP contribution >= 0.6 is 0 Å². The monoisotopic (exact) mass is 425 g/mol. The van der Waals surface area contributed by atoms with E-state index in [9.17, 15) is 14.4 Å². The van der Waals surface area contributed by atoms with Crippen LogP contribution in [0.4, 0.5) is 5.69 Å². The van der Waals surface area contributed by atoms with E-state index in [1.165, 1.54) is 6.92 Å². The van der Waals surface area contributed by atoms with Crippen molar-refractivity contribution < 1.29 is 14.4 Å². The van der Waals surface area contributed by atoms with Crippen LogP contribution in [0.1, 0.15) is 22.8 Å². The largest absolute Gasteiger partial charge is 0.368 e. The lowest BCUT2D eigenvalue weighted by molar-refractivity contribution is -0.119. The van der Waals surface area contributed by atoms with E-state index in [4.69, 9.17) is 5.73 Å². The predicted octanol–water partition coefficient (Wildman–Crippen LogP) is 3.78. The first kappa shape index (κ1) is 21.1. The molecule has 0 heterocycles. The van der Waals surface area contributed by atoms with Crippen molar-refractivity contribution in [3.8, 4) is 0 Å². The lowest BCUT2D eigenvalue weighted by Gasteiger charge is -2.19. The Morgan fingerprint density at radius 3 is 1.94 bits per heavy atom. The SMILES string of the molecule is CC(=O)Nc1ccc(C(=O)N[C@@H](Cc2c3ccccc3cc3ccccc23)C(N)=O)cc1. The zero-order chi connectivity index (χ0) is 22.7. The van der Waals surface area contributed by atoms with Crippen molar-refractivity contribution in [3.05, 3.63) is 90.0 Å². The predicted molar refractivity (Wildman–Crippen MR) is 126 cm³/mol. The molecule has 4 N–H and O–H groups in total. The summed E-state index contributed by atoms with van der Waals surface area (Å²) in [6.07, 6.45) is 0.271. The molecular weight excluding hydrogens is 402 g/mol. The zero-order valence-corrected chi connectivity index (χ0v) is 17.6. The number of anilines is 1. The van der Waals surface area contributed by atoms with Crippen molar-refractivity contribution in [2.24, 2.45) is 5.73 Å².